The van der Waals surface area contributed by atoms with E-state index in [1.54, 1.807) is 18.6 Å². The molecule has 1 unspecified atom stereocenters. The number of hydrogen-bond acceptors (Lipinski definition) is 1. The van der Waals surface area contributed by atoms with E-state index in [1.165, 1.54) is 155 Å². The predicted molar refractivity (Wildman–Crippen MR) is 467 cm³/mol. The van der Waals surface area contributed by atoms with E-state index in [0.717, 1.165) is 29.9 Å². The molecule has 0 aliphatic heterocycles. The van der Waals surface area contributed by atoms with Gasteiger partial charge >= 0.3 is 5.97 Å². The van der Waals surface area contributed by atoms with Gasteiger partial charge in [-0.15, -0.1) is 0 Å². The fraction of sp³-hybridized carbons (Fsp3) is 0.292. The van der Waals surface area contributed by atoms with Gasteiger partial charge in [-0.05, 0) is 200 Å². The minimum Gasteiger partial charge on any atom is -0.478 e. The third-order valence-electron chi connectivity index (χ3n) is 21.7. The Balaban J connectivity index is 0.000000160. The van der Waals surface area contributed by atoms with Crippen molar-refractivity contribution in [3.8, 4) is 11.1 Å². The first-order valence-electron chi connectivity index (χ1n) is 40.1. The summed E-state index contributed by atoms with van der Waals surface area (Å²) in [4.78, 5) is 10.6. The van der Waals surface area contributed by atoms with Crippen molar-refractivity contribution in [3.63, 3.8) is 0 Å². The van der Waals surface area contributed by atoms with Crippen LogP contribution < -0.4 is 0 Å². The van der Waals surface area contributed by atoms with Gasteiger partial charge in [-0.25, -0.2) is 4.79 Å². The number of aromatic carboxylic acids is 1. The first kappa shape index (κ1) is 83.5. The number of hydrogen-bond donors (Lipinski definition) is 1. The predicted octanol–water partition coefficient (Wildman–Crippen LogP) is 29.2. The van der Waals surface area contributed by atoms with E-state index in [4.69, 9.17) is 5.11 Å². The Morgan fingerprint density at radius 3 is 1.42 bits per heavy atom. The van der Waals surface area contributed by atoms with Crippen LogP contribution in [-0.4, -0.2) is 11.1 Å². The summed E-state index contributed by atoms with van der Waals surface area (Å²) in [6.45, 7) is 24.0. The summed E-state index contributed by atoms with van der Waals surface area (Å²) in [7, 11) is 0. The second-order valence-corrected chi connectivity index (χ2v) is 30.4. The molecule has 0 radical (unpaired) electrons. The van der Waals surface area contributed by atoms with Gasteiger partial charge in [0.1, 0.15) is 0 Å². The Bertz CT molecular complexity index is 4380. The van der Waals surface area contributed by atoms with Crippen LogP contribution in [0.3, 0.4) is 0 Å². The molecule has 0 bridgehead atoms. The highest BCUT2D eigenvalue weighted by Gasteiger charge is 2.41. The molecule has 558 valence electrons. The summed E-state index contributed by atoms with van der Waals surface area (Å²) in [5.74, 6) is 1.98. The third-order valence-corrected chi connectivity index (χ3v) is 21.7. The quantitative estimate of drug-likeness (QED) is 0.0876. The zero-order valence-electron chi connectivity index (χ0n) is 66.9. The summed E-state index contributed by atoms with van der Waals surface area (Å²) < 4.78 is 0. The van der Waals surface area contributed by atoms with Crippen molar-refractivity contribution in [1.29, 1.82) is 0 Å². The Morgan fingerprint density at radius 1 is 0.472 bits per heavy atom. The van der Waals surface area contributed by atoms with E-state index in [1.807, 2.05) is 19.1 Å². The number of rotatable bonds is 19. The minimum atomic E-state index is -0.855. The van der Waals surface area contributed by atoms with Gasteiger partial charge in [0.15, 0.2) is 0 Å². The first-order valence-corrected chi connectivity index (χ1v) is 40.1. The highest BCUT2D eigenvalue weighted by Crippen LogP contribution is 2.49. The van der Waals surface area contributed by atoms with Crippen LogP contribution in [0, 0.1) is 52.4 Å². The van der Waals surface area contributed by atoms with Crippen molar-refractivity contribution in [1.82, 2.24) is 0 Å². The molecule has 2 heteroatoms. The van der Waals surface area contributed by atoms with Gasteiger partial charge < -0.3 is 5.11 Å². The van der Waals surface area contributed by atoms with Crippen molar-refractivity contribution < 1.29 is 9.90 Å². The second-order valence-electron chi connectivity index (χ2n) is 30.4. The zero-order chi connectivity index (χ0) is 76.8. The van der Waals surface area contributed by atoms with Crippen LogP contribution in [0.15, 0.2) is 340 Å². The van der Waals surface area contributed by atoms with Gasteiger partial charge in [-0.2, -0.15) is 0 Å². The van der Waals surface area contributed by atoms with Crippen LogP contribution in [0.5, 0.6) is 0 Å². The van der Waals surface area contributed by atoms with Gasteiger partial charge in [-0.3, -0.25) is 0 Å². The number of benzene rings is 12. The SMILES string of the molecule is CC(Cc1ccccc1)Cc1ccccc1.CC1CCC(c2ccccc2)(C2C=CC=CC2)CC1.CCCC(c1ccccc1)c1ccccc1.CCCCC(C)(c1ccc(C)cc1)c1ccc(C)cc1.CCCc1ccc(-c2ccccc2)cc1.Cc1ccc(C)c(C(=O)O)c1.Cc1cccc2ccccc12. The number of aryl methyl sites for hydroxylation is 6. The van der Waals surface area contributed by atoms with Crippen molar-refractivity contribution in [2.24, 2.45) is 17.8 Å². The maximum absolute atomic E-state index is 10.6. The zero-order valence-corrected chi connectivity index (χ0v) is 66.9. The summed E-state index contributed by atoms with van der Waals surface area (Å²) >= 11 is 0. The van der Waals surface area contributed by atoms with Gasteiger partial charge in [-0.1, -0.05) is 418 Å². The molecule has 1 atom stereocenters. The maximum Gasteiger partial charge on any atom is 0.335 e. The number of carboxylic acids is 1. The van der Waals surface area contributed by atoms with Gasteiger partial charge in [0.25, 0.3) is 0 Å². The molecular formula is C106H122O2. The van der Waals surface area contributed by atoms with Crippen LogP contribution in [0.2, 0.25) is 0 Å². The Labute approximate surface area is 651 Å². The summed E-state index contributed by atoms with van der Waals surface area (Å²) in [5, 5.41) is 11.4. The third kappa shape index (κ3) is 26.4. The fourth-order valence-electron chi connectivity index (χ4n) is 15.2. The smallest absolute Gasteiger partial charge is 0.335 e. The number of allylic oxidation sites excluding steroid dienone is 4. The van der Waals surface area contributed by atoms with Crippen molar-refractivity contribution in [2.75, 3.05) is 0 Å². The molecule has 0 aromatic heterocycles. The minimum absolute atomic E-state index is 0.122. The molecule has 2 aliphatic carbocycles. The molecule has 1 N–H and O–H groups in total. The standard InChI is InChI=1S/C20H26.C19H24.2C16H18.C15H16.C11H10.C9H10O2/c1-5-6-15-20(4,18-11-7-16(2)8-12-18)19-13-9-17(3)10-14-19;1-16-12-14-19(15-13-16,17-8-4-2-5-9-17)18-10-6-3-7-11-18;1-14(12-15-8-4-2-5-9-15)13-16-10-6-3-7-11-16;1-2-9-16(14-10-5-3-6-11-14)15-12-7-4-8-13-15;1-2-6-13-9-11-15(12-10-13)14-7-4-3-5-8-14;1-9-5-4-7-10-6-2-3-8-11(9)10;1-6-3-4-7(2)8(5-6)9(10)11/h7-14H,5-6,15H2,1-4H3;2-10,16,18H,11-15H2,1H3;2-11,14H,12-13H2,1H3;3-8,10-13,16H,2,9H2,1H3;3-5,7-12H,2,6H2,1H3;2-8H,1H3;3-5H,1-2H3,(H,10,11). The van der Waals surface area contributed by atoms with E-state index in [-0.39, 0.29) is 5.41 Å². The van der Waals surface area contributed by atoms with E-state index in [9.17, 15) is 4.79 Å². The van der Waals surface area contributed by atoms with Crippen LogP contribution in [0.25, 0.3) is 21.9 Å². The molecule has 2 aliphatic rings. The summed E-state index contributed by atoms with van der Waals surface area (Å²) in [6.07, 6.45) is 26.7. The molecular weight excluding hydrogens is 1310 g/mol. The lowest BCUT2D eigenvalue weighted by molar-refractivity contribution is 0.0696. The maximum atomic E-state index is 10.6. The average Bonchev–Trinajstić information content (AvgIpc) is 0.762. The summed E-state index contributed by atoms with van der Waals surface area (Å²) in [5.41, 5.74) is 20.9. The van der Waals surface area contributed by atoms with Crippen molar-refractivity contribution >= 4 is 16.7 Å². The Kier molecular flexibility index (Phi) is 34.7. The van der Waals surface area contributed by atoms with Crippen LogP contribution in [0.1, 0.15) is 201 Å². The molecule has 2 nitrogen and oxygen atoms in total. The number of fused-ring (bicyclic) bond motifs is 1. The van der Waals surface area contributed by atoms with Crippen LogP contribution >= 0.6 is 0 Å². The topological polar surface area (TPSA) is 37.3 Å². The van der Waals surface area contributed by atoms with Crippen molar-refractivity contribution in [2.45, 2.75) is 183 Å². The molecule has 0 spiro atoms. The molecule has 0 saturated heterocycles. The first-order chi connectivity index (χ1) is 52.5. The normalized spacial score (nSPS) is 14.8. The largest absolute Gasteiger partial charge is 0.478 e. The van der Waals surface area contributed by atoms with E-state index < -0.39 is 5.97 Å². The molecule has 108 heavy (non-hydrogen) atoms. The lowest BCUT2D eigenvalue weighted by Crippen LogP contribution is -2.38. The number of unbranched alkanes of at least 4 members (excludes halogenated alkanes) is 1. The van der Waals surface area contributed by atoms with Gasteiger partial charge in [0.2, 0.25) is 0 Å². The Morgan fingerprint density at radius 2 is 0.944 bits per heavy atom. The number of carbonyl (C=O) groups is 1. The highest BCUT2D eigenvalue weighted by atomic mass is 16.4. The summed E-state index contributed by atoms with van der Waals surface area (Å²) in [6, 6.07) is 112. The van der Waals surface area contributed by atoms with E-state index in [0.29, 0.717) is 28.7 Å². The average molecular weight is 1430 g/mol. The lowest BCUT2D eigenvalue weighted by Gasteiger charge is -2.45. The Hall–Kier alpha value is -10.2. The monoisotopic (exact) mass is 1430 g/mol. The highest BCUT2D eigenvalue weighted by molar-refractivity contribution is 5.89. The molecule has 1 fully saturated rings. The number of carboxylic acid groups (broad SMARTS) is 1. The molecule has 12 aromatic rings. The van der Waals surface area contributed by atoms with E-state index >= 15 is 0 Å². The lowest BCUT2D eigenvalue weighted by atomic mass is 9.59. The second kappa shape index (κ2) is 44.9. The fourth-order valence-corrected chi connectivity index (χ4v) is 15.2. The molecule has 12 aromatic carbocycles. The molecule has 0 heterocycles. The van der Waals surface area contributed by atoms with Crippen LogP contribution in [0.4, 0.5) is 0 Å². The molecule has 1 saturated carbocycles. The molecule has 0 amide bonds. The molecule has 14 rings (SSSR count). The van der Waals surface area contributed by atoms with Crippen molar-refractivity contribution in [3.05, 3.63) is 418 Å². The van der Waals surface area contributed by atoms with Gasteiger partial charge in [0.05, 0.1) is 5.56 Å². The van der Waals surface area contributed by atoms with Crippen LogP contribution in [-0.2, 0) is 30.1 Å². The van der Waals surface area contributed by atoms with E-state index in [2.05, 4.69) is 384 Å². The van der Waals surface area contributed by atoms with Gasteiger partial charge in [0, 0.05) is 16.7 Å².